The molecule has 0 heteroatoms. The molecule has 0 N–H and O–H groups in total. The van der Waals surface area contributed by atoms with Crippen molar-refractivity contribution in [3.63, 3.8) is 0 Å². The van der Waals surface area contributed by atoms with Gasteiger partial charge in [0.1, 0.15) is 0 Å². The molecule has 1 fully saturated rings. The molecule has 0 aromatic heterocycles. The van der Waals surface area contributed by atoms with Crippen molar-refractivity contribution in [2.75, 3.05) is 0 Å². The maximum Gasteiger partial charge on any atom is -0.00241 e. The van der Waals surface area contributed by atoms with Crippen molar-refractivity contribution in [3.05, 3.63) is 23.3 Å². The lowest BCUT2D eigenvalue weighted by Gasteiger charge is -2.34. The number of hydrogen-bond acceptors (Lipinski definition) is 0. The fourth-order valence-electron chi connectivity index (χ4n) is 3.78. The first-order chi connectivity index (χ1) is 9.02. The van der Waals surface area contributed by atoms with E-state index in [1.165, 1.54) is 50.5 Å². The van der Waals surface area contributed by atoms with Crippen molar-refractivity contribution >= 4 is 0 Å². The summed E-state index contributed by atoms with van der Waals surface area (Å²) in [6.45, 7) is 15.9. The minimum atomic E-state index is 0.573. The molecule has 0 heterocycles. The van der Waals surface area contributed by atoms with Crippen LogP contribution in [-0.4, -0.2) is 0 Å². The Hall–Kier alpha value is -0.520. The van der Waals surface area contributed by atoms with Crippen LogP contribution in [0.25, 0.3) is 0 Å². The Kier molecular flexibility index (Phi) is 6.89. The molecule has 1 aliphatic carbocycles. The van der Waals surface area contributed by atoms with Crippen LogP contribution in [0.15, 0.2) is 23.3 Å². The van der Waals surface area contributed by atoms with E-state index in [9.17, 15) is 0 Å². The van der Waals surface area contributed by atoms with E-state index in [1.807, 2.05) is 0 Å². The first-order valence-electron chi connectivity index (χ1n) is 8.40. The van der Waals surface area contributed by atoms with Gasteiger partial charge in [0, 0.05) is 0 Å². The Morgan fingerprint density at radius 3 is 2.32 bits per heavy atom. The number of rotatable bonds is 6. The highest BCUT2D eigenvalue weighted by atomic mass is 14.3. The molecule has 0 spiro atoms. The summed E-state index contributed by atoms with van der Waals surface area (Å²) in [5, 5.41) is 0. The lowest BCUT2D eigenvalue weighted by atomic mass is 9.71. The number of hydrogen-bond donors (Lipinski definition) is 0. The predicted molar refractivity (Wildman–Crippen MR) is 87.3 cm³/mol. The fourth-order valence-corrected chi connectivity index (χ4v) is 3.78. The summed E-state index contributed by atoms with van der Waals surface area (Å²) in [4.78, 5) is 0. The van der Waals surface area contributed by atoms with Crippen LogP contribution in [-0.2, 0) is 0 Å². The van der Waals surface area contributed by atoms with Crippen molar-refractivity contribution in [1.29, 1.82) is 0 Å². The van der Waals surface area contributed by atoms with E-state index in [1.54, 1.807) is 11.1 Å². The first kappa shape index (κ1) is 16.5. The van der Waals surface area contributed by atoms with Gasteiger partial charge in [-0.2, -0.15) is 0 Å². The van der Waals surface area contributed by atoms with Crippen LogP contribution >= 0.6 is 0 Å². The zero-order valence-corrected chi connectivity index (χ0v) is 13.9. The first-order valence-corrected chi connectivity index (χ1v) is 8.40. The molecular weight excluding hydrogens is 228 g/mol. The molecule has 0 aliphatic heterocycles. The van der Waals surface area contributed by atoms with E-state index in [4.69, 9.17) is 0 Å². The number of allylic oxidation sites excluding steroid dienone is 3. The molecule has 0 aromatic rings. The summed E-state index contributed by atoms with van der Waals surface area (Å²) in [5.74, 6) is 2.30. The maximum atomic E-state index is 4.20. The van der Waals surface area contributed by atoms with Crippen molar-refractivity contribution in [2.45, 2.75) is 79.6 Å². The molecule has 0 radical (unpaired) electrons. The van der Waals surface area contributed by atoms with Gasteiger partial charge in [0.05, 0.1) is 0 Å². The zero-order chi connectivity index (χ0) is 14.4. The van der Waals surface area contributed by atoms with E-state index in [0.29, 0.717) is 5.92 Å². The molecule has 0 bridgehead atoms. The lowest BCUT2D eigenvalue weighted by molar-refractivity contribution is 0.285. The molecule has 19 heavy (non-hydrogen) atoms. The Morgan fingerprint density at radius 1 is 1.21 bits per heavy atom. The summed E-state index contributed by atoms with van der Waals surface area (Å²) < 4.78 is 0. The van der Waals surface area contributed by atoms with Crippen LogP contribution in [0.4, 0.5) is 0 Å². The van der Waals surface area contributed by atoms with E-state index in [0.717, 1.165) is 11.8 Å². The van der Waals surface area contributed by atoms with Gasteiger partial charge >= 0.3 is 0 Å². The Labute approximate surface area is 121 Å². The van der Waals surface area contributed by atoms with Crippen LogP contribution in [0.1, 0.15) is 79.6 Å². The smallest absolute Gasteiger partial charge is 0.00241 e. The maximum absolute atomic E-state index is 4.20. The minimum Gasteiger partial charge on any atom is -0.0995 e. The monoisotopic (exact) mass is 262 g/mol. The summed E-state index contributed by atoms with van der Waals surface area (Å²) in [6, 6.07) is 0. The second kappa shape index (κ2) is 7.92. The van der Waals surface area contributed by atoms with Crippen LogP contribution in [0.3, 0.4) is 0 Å². The Morgan fingerprint density at radius 2 is 1.84 bits per heavy atom. The molecule has 1 rings (SSSR count). The van der Waals surface area contributed by atoms with E-state index in [-0.39, 0.29) is 0 Å². The van der Waals surface area contributed by atoms with Gasteiger partial charge in [-0.05, 0) is 43.9 Å². The molecule has 0 aromatic carbocycles. The zero-order valence-electron chi connectivity index (χ0n) is 13.9. The van der Waals surface area contributed by atoms with Crippen molar-refractivity contribution in [2.24, 2.45) is 17.8 Å². The topological polar surface area (TPSA) is 0 Å². The fraction of sp³-hybridized carbons (Fsp3) is 0.789. The van der Waals surface area contributed by atoms with Gasteiger partial charge in [0.25, 0.3) is 0 Å². The van der Waals surface area contributed by atoms with Gasteiger partial charge in [-0.15, -0.1) is 0 Å². The van der Waals surface area contributed by atoms with E-state index >= 15 is 0 Å². The third-order valence-electron chi connectivity index (χ3n) is 5.13. The minimum absolute atomic E-state index is 0.573. The average Bonchev–Trinajstić information content (AvgIpc) is 2.39. The molecule has 1 saturated carbocycles. The SMILES string of the molecule is C=C(C)C(C)/C(CCC)=C(\CC)C1CCCCC1C. The van der Waals surface area contributed by atoms with Gasteiger partial charge in [0.15, 0.2) is 0 Å². The highest BCUT2D eigenvalue weighted by Crippen LogP contribution is 2.40. The highest BCUT2D eigenvalue weighted by molar-refractivity contribution is 5.25. The molecule has 3 unspecified atom stereocenters. The van der Waals surface area contributed by atoms with E-state index in [2.05, 4.69) is 41.2 Å². The Bertz CT molecular complexity index is 321. The second-order valence-corrected chi connectivity index (χ2v) is 6.59. The van der Waals surface area contributed by atoms with Crippen LogP contribution in [0.2, 0.25) is 0 Å². The summed E-state index contributed by atoms with van der Waals surface area (Å²) >= 11 is 0. The molecule has 0 nitrogen and oxygen atoms in total. The normalized spacial score (nSPS) is 26.8. The summed E-state index contributed by atoms with van der Waals surface area (Å²) in [6.07, 6.45) is 9.47. The standard InChI is InChI=1S/C19H34/c1-7-11-19(16(6)14(3)4)17(8-2)18-13-10-9-12-15(18)5/h15-16,18H,3,7-13H2,1-2,4-6H3/b19-17+. The summed E-state index contributed by atoms with van der Waals surface area (Å²) in [5.41, 5.74) is 4.83. The molecule has 110 valence electrons. The second-order valence-electron chi connectivity index (χ2n) is 6.59. The average molecular weight is 262 g/mol. The van der Waals surface area contributed by atoms with Gasteiger partial charge < -0.3 is 0 Å². The highest BCUT2D eigenvalue weighted by Gasteiger charge is 2.27. The van der Waals surface area contributed by atoms with E-state index < -0.39 is 0 Å². The quantitative estimate of drug-likeness (QED) is 0.477. The molecular formula is C19H34. The van der Waals surface area contributed by atoms with Crippen LogP contribution in [0, 0.1) is 17.8 Å². The van der Waals surface area contributed by atoms with Crippen molar-refractivity contribution < 1.29 is 0 Å². The largest absolute Gasteiger partial charge is 0.0995 e. The van der Waals surface area contributed by atoms with Gasteiger partial charge in [-0.3, -0.25) is 0 Å². The van der Waals surface area contributed by atoms with Crippen molar-refractivity contribution in [3.8, 4) is 0 Å². The predicted octanol–water partition coefficient (Wildman–Crippen LogP) is 6.53. The molecule has 1 aliphatic rings. The molecule has 0 saturated heterocycles. The van der Waals surface area contributed by atoms with Crippen LogP contribution < -0.4 is 0 Å². The molecule has 3 atom stereocenters. The Balaban J connectivity index is 3.09. The van der Waals surface area contributed by atoms with Gasteiger partial charge in [-0.1, -0.05) is 76.7 Å². The van der Waals surface area contributed by atoms with Gasteiger partial charge in [-0.25, -0.2) is 0 Å². The third kappa shape index (κ3) is 4.23. The summed E-state index contributed by atoms with van der Waals surface area (Å²) in [7, 11) is 0. The van der Waals surface area contributed by atoms with Crippen LogP contribution in [0.5, 0.6) is 0 Å². The molecule has 0 amide bonds. The van der Waals surface area contributed by atoms with Gasteiger partial charge in [0.2, 0.25) is 0 Å². The third-order valence-corrected chi connectivity index (χ3v) is 5.13. The van der Waals surface area contributed by atoms with Crippen molar-refractivity contribution in [1.82, 2.24) is 0 Å². The lowest BCUT2D eigenvalue weighted by Crippen LogP contribution is -2.21.